The second kappa shape index (κ2) is 19.2. The molecule has 60 heavy (non-hydrogen) atoms. The van der Waals surface area contributed by atoms with Gasteiger partial charge in [-0.2, -0.15) is 0 Å². The van der Waals surface area contributed by atoms with Gasteiger partial charge in [-0.15, -0.1) is 0 Å². The van der Waals surface area contributed by atoms with Crippen LogP contribution in [0.2, 0.25) is 0 Å². The summed E-state index contributed by atoms with van der Waals surface area (Å²) in [6, 6.07) is 0.215. The third-order valence-electron chi connectivity index (χ3n) is 13.7. The predicted molar refractivity (Wildman–Crippen MR) is 222 cm³/mol. The second-order valence-electron chi connectivity index (χ2n) is 17.9. The number of amides is 1. The number of likely N-dealkylation sites (tertiary alicyclic amines) is 1. The van der Waals surface area contributed by atoms with Gasteiger partial charge in [0.05, 0.1) is 47.8 Å². The van der Waals surface area contributed by atoms with Crippen molar-refractivity contribution in [3.8, 4) is 5.75 Å². The van der Waals surface area contributed by atoms with E-state index in [-0.39, 0.29) is 42.6 Å². The lowest BCUT2D eigenvalue weighted by Gasteiger charge is -2.54. The van der Waals surface area contributed by atoms with Gasteiger partial charge in [0.25, 0.3) is 0 Å². The first kappa shape index (κ1) is 47.4. The molecule has 0 aromatic carbocycles. The Labute approximate surface area is 354 Å². The van der Waals surface area contributed by atoms with E-state index in [9.17, 15) is 29.4 Å². The Kier molecular flexibility index (Phi) is 15.2. The van der Waals surface area contributed by atoms with Crippen LogP contribution in [0.1, 0.15) is 80.2 Å². The molecule has 3 saturated heterocycles. The number of likely N-dealkylation sites (N-methyl/N-ethyl adjacent to an activating group) is 1. The molecule has 16 heteroatoms. The van der Waals surface area contributed by atoms with Gasteiger partial charge in [-0.25, -0.2) is 0 Å². The maximum absolute atomic E-state index is 14.9. The standard InChI is InChI=1S/C44H67N5O11/c1-13-35-44(8,57-12)39(49(23-50)29-20-48(21-29)22-31-30-14-15-45-18-32(30)46-19-34(31)51)26(4)36(52)24(2)17-43(7,56-11)40(27(5)37(53)28(6)41(55)59-35)60-42-38(54)33(47(9)10)16-25(3)58-42/h14-15,18-19,23-29,33,35,38-40,42,51,54H,13,16-17,20-22H2,1-12H3/t24-,25-,26+,27+,28-,33+,35-,38-,39-,40-,42+,43-,44-/m1/s1. The summed E-state index contributed by atoms with van der Waals surface area (Å²) >= 11 is 0. The van der Waals surface area contributed by atoms with Crippen LogP contribution in [-0.2, 0) is 49.4 Å². The van der Waals surface area contributed by atoms with Gasteiger partial charge in [-0.05, 0) is 67.1 Å². The van der Waals surface area contributed by atoms with Gasteiger partial charge in [0, 0.05) is 74.8 Å². The number of nitrogens with zero attached hydrogens (tertiary/aromatic N) is 5. The van der Waals surface area contributed by atoms with Crippen molar-refractivity contribution in [2.24, 2.45) is 23.7 Å². The highest BCUT2D eigenvalue weighted by atomic mass is 16.7. The number of aliphatic hydroxyl groups is 1. The number of carbonyl (C=O) groups is 4. The molecule has 0 radical (unpaired) electrons. The quantitative estimate of drug-likeness (QED) is 0.190. The van der Waals surface area contributed by atoms with E-state index in [1.54, 1.807) is 58.0 Å². The second-order valence-corrected chi connectivity index (χ2v) is 17.9. The van der Waals surface area contributed by atoms with E-state index in [4.69, 9.17) is 23.7 Å². The Hall–Kier alpha value is -3.64. The molecule has 16 nitrogen and oxygen atoms in total. The van der Waals surface area contributed by atoms with Crippen molar-refractivity contribution in [3.63, 3.8) is 0 Å². The van der Waals surface area contributed by atoms with Crippen LogP contribution < -0.4 is 0 Å². The van der Waals surface area contributed by atoms with Crippen LogP contribution in [0.25, 0.3) is 10.9 Å². The van der Waals surface area contributed by atoms with E-state index in [1.165, 1.54) is 27.3 Å². The summed E-state index contributed by atoms with van der Waals surface area (Å²) in [6.45, 7) is 15.2. The van der Waals surface area contributed by atoms with Crippen LogP contribution >= 0.6 is 0 Å². The molecule has 0 aliphatic carbocycles. The summed E-state index contributed by atoms with van der Waals surface area (Å²) in [5.41, 5.74) is -1.38. The van der Waals surface area contributed by atoms with E-state index in [1.807, 2.05) is 32.8 Å². The maximum atomic E-state index is 14.9. The first-order chi connectivity index (χ1) is 28.3. The molecule has 0 unspecified atom stereocenters. The number of ether oxygens (including phenoxy) is 5. The van der Waals surface area contributed by atoms with Crippen LogP contribution in [0.5, 0.6) is 5.75 Å². The molecule has 0 spiro atoms. The smallest absolute Gasteiger partial charge is 0.316 e. The lowest BCUT2D eigenvalue weighted by molar-refractivity contribution is -0.295. The monoisotopic (exact) mass is 841 g/mol. The average molecular weight is 842 g/mol. The summed E-state index contributed by atoms with van der Waals surface area (Å²) < 4.78 is 31.5. The zero-order chi connectivity index (χ0) is 44.4. The molecule has 13 atom stereocenters. The normalized spacial score (nSPS) is 36.8. The van der Waals surface area contributed by atoms with Crippen LogP contribution in [-0.4, -0.2) is 160 Å². The van der Waals surface area contributed by atoms with Crippen LogP contribution in [0.3, 0.4) is 0 Å². The highest BCUT2D eigenvalue weighted by Gasteiger charge is 2.55. The average Bonchev–Trinajstić information content (AvgIpc) is 3.21. The number of aliphatic hydroxyl groups excluding tert-OH is 1. The van der Waals surface area contributed by atoms with E-state index in [0.717, 1.165) is 11.8 Å². The number of hydrogen-bond donors (Lipinski definition) is 2. The third-order valence-corrected chi connectivity index (χ3v) is 13.7. The van der Waals surface area contributed by atoms with Crippen molar-refractivity contribution >= 4 is 34.8 Å². The Morgan fingerprint density at radius 2 is 1.70 bits per heavy atom. The summed E-state index contributed by atoms with van der Waals surface area (Å²) in [6.07, 6.45) is 1.78. The van der Waals surface area contributed by atoms with Crippen molar-refractivity contribution in [1.29, 1.82) is 0 Å². The van der Waals surface area contributed by atoms with E-state index >= 15 is 0 Å². The van der Waals surface area contributed by atoms with Gasteiger partial charge in [0.2, 0.25) is 6.41 Å². The molecule has 1 amide bonds. The van der Waals surface area contributed by atoms with Gasteiger partial charge >= 0.3 is 5.97 Å². The molecule has 2 N–H and O–H groups in total. The topological polar surface area (TPSA) is 190 Å². The maximum Gasteiger partial charge on any atom is 0.316 e. The Balaban J connectivity index is 1.51. The summed E-state index contributed by atoms with van der Waals surface area (Å²) in [7, 11) is 6.68. The van der Waals surface area contributed by atoms with Crippen molar-refractivity contribution in [2.45, 2.75) is 141 Å². The molecular formula is C44H67N5O11. The lowest BCUT2D eigenvalue weighted by Crippen LogP contribution is -2.69. The molecule has 3 fully saturated rings. The fourth-order valence-corrected chi connectivity index (χ4v) is 9.94. The van der Waals surface area contributed by atoms with Gasteiger partial charge in [0.1, 0.15) is 35.3 Å². The molecule has 0 bridgehead atoms. The molecular weight excluding hydrogens is 775 g/mol. The lowest BCUT2D eigenvalue weighted by atomic mass is 9.72. The van der Waals surface area contributed by atoms with Gasteiger partial charge in [-0.1, -0.05) is 27.7 Å². The number of fused-ring (bicyclic) bond motifs is 1. The van der Waals surface area contributed by atoms with Crippen LogP contribution in [0, 0.1) is 23.7 Å². The van der Waals surface area contributed by atoms with Crippen molar-refractivity contribution in [1.82, 2.24) is 24.7 Å². The molecule has 3 aliphatic rings. The Morgan fingerprint density at radius 1 is 1.02 bits per heavy atom. The molecule has 3 aliphatic heterocycles. The first-order valence-corrected chi connectivity index (χ1v) is 21.2. The minimum atomic E-state index is -1.41. The first-order valence-electron chi connectivity index (χ1n) is 21.2. The number of rotatable bonds is 11. The largest absolute Gasteiger partial charge is 0.506 e. The molecule has 2 aromatic heterocycles. The minimum Gasteiger partial charge on any atom is -0.506 e. The zero-order valence-corrected chi connectivity index (χ0v) is 37.4. The van der Waals surface area contributed by atoms with Crippen LogP contribution in [0.4, 0.5) is 0 Å². The number of methoxy groups -OCH3 is 2. The van der Waals surface area contributed by atoms with Crippen molar-refractivity contribution < 1.29 is 53.1 Å². The number of ketones is 2. The summed E-state index contributed by atoms with van der Waals surface area (Å²) in [5.74, 6) is -5.16. The zero-order valence-electron chi connectivity index (χ0n) is 37.4. The highest BCUT2D eigenvalue weighted by Crippen LogP contribution is 2.41. The van der Waals surface area contributed by atoms with Crippen molar-refractivity contribution in [2.75, 3.05) is 41.4 Å². The molecule has 334 valence electrons. The van der Waals surface area contributed by atoms with Gasteiger partial charge in [-0.3, -0.25) is 34.0 Å². The number of Topliss-reactive ketones (excluding diaryl/α,β-unsaturated/α-hetero) is 2. The van der Waals surface area contributed by atoms with E-state index < -0.39 is 77.3 Å². The minimum absolute atomic E-state index is 0.0516. The fraction of sp³-hybridized carbons (Fsp3) is 0.727. The number of pyridine rings is 2. The molecule has 2 aromatic rings. The van der Waals surface area contributed by atoms with Crippen LogP contribution in [0.15, 0.2) is 24.7 Å². The van der Waals surface area contributed by atoms with Crippen molar-refractivity contribution in [3.05, 3.63) is 30.2 Å². The summed E-state index contributed by atoms with van der Waals surface area (Å²) in [4.78, 5) is 70.9. The number of aromatic hydroxyl groups is 1. The summed E-state index contributed by atoms with van der Waals surface area (Å²) in [5, 5.41) is 23.0. The number of esters is 1. The third kappa shape index (κ3) is 9.25. The van der Waals surface area contributed by atoms with E-state index in [0.29, 0.717) is 37.1 Å². The molecule has 5 heterocycles. The predicted octanol–water partition coefficient (Wildman–Crippen LogP) is 3.38. The van der Waals surface area contributed by atoms with Gasteiger partial charge < -0.3 is 43.7 Å². The number of aromatic nitrogens is 2. The number of hydrogen-bond acceptors (Lipinski definition) is 15. The number of carbonyl (C=O) groups excluding carboxylic acids is 4. The Bertz CT molecular complexity index is 1840. The number of cyclic esters (lactones) is 1. The van der Waals surface area contributed by atoms with E-state index in [2.05, 4.69) is 14.9 Å². The Morgan fingerprint density at radius 3 is 2.30 bits per heavy atom. The van der Waals surface area contributed by atoms with Gasteiger partial charge in [0.15, 0.2) is 12.1 Å². The highest BCUT2D eigenvalue weighted by molar-refractivity contribution is 6.00. The fourth-order valence-electron chi connectivity index (χ4n) is 9.94. The molecule has 5 rings (SSSR count). The SMILES string of the molecule is CC[C@H]1OC(=O)[C@H](C)C(=O)[C@H](C)[C@@H](O[C@@H]2O[C@H](C)C[C@H](N(C)C)[C@H]2O)[C@](C)(OC)C[C@@H](C)C(=O)[C@H](C)[C@@H](N(C=O)C2CN(Cc3c(O)cnc4cnccc34)C2)[C@]1(C)OC. The molecule has 0 saturated carbocycles.